The van der Waals surface area contributed by atoms with Crippen molar-refractivity contribution < 1.29 is 8.42 Å². The number of nitrogens with one attached hydrogen (secondary N) is 1. The van der Waals surface area contributed by atoms with Crippen LogP contribution in [0.3, 0.4) is 0 Å². The summed E-state index contributed by atoms with van der Waals surface area (Å²) in [4.78, 5) is -0.00308. The minimum absolute atomic E-state index is 0.00308. The third kappa shape index (κ3) is 3.54. The maximum Gasteiger partial charge on any atom is 0.242 e. The molecule has 21 heavy (non-hydrogen) atoms. The number of hydrogen-bond acceptors (Lipinski definition) is 3. The molecule has 0 heterocycles. The van der Waals surface area contributed by atoms with Crippen LogP contribution in [-0.2, 0) is 16.6 Å². The van der Waals surface area contributed by atoms with Crippen molar-refractivity contribution in [2.45, 2.75) is 38.1 Å². The number of nitrogens with two attached hydrogens (primary N) is 1. The standard InChI is InChI=1S/C14H20Cl2N2O2S/c1-9(2)14(3-4-14)8-18-21(19,20)12-6-11(15)5-10(7-17)13(12)16/h5-6,9,18H,3-4,7-8,17H2,1-2H3. The first kappa shape index (κ1) is 17.0. The highest BCUT2D eigenvalue weighted by Gasteiger charge is 2.45. The van der Waals surface area contributed by atoms with E-state index in [9.17, 15) is 8.42 Å². The van der Waals surface area contributed by atoms with Crippen LogP contribution in [0.5, 0.6) is 0 Å². The maximum atomic E-state index is 12.5. The second kappa shape index (κ2) is 6.05. The molecule has 1 fully saturated rings. The summed E-state index contributed by atoms with van der Waals surface area (Å²) >= 11 is 12.1. The van der Waals surface area contributed by atoms with Gasteiger partial charge in [0.15, 0.2) is 0 Å². The molecular weight excluding hydrogens is 331 g/mol. The van der Waals surface area contributed by atoms with E-state index in [1.165, 1.54) is 6.07 Å². The van der Waals surface area contributed by atoms with Crippen LogP contribution in [0.4, 0.5) is 0 Å². The number of halogens is 2. The second-order valence-corrected chi connectivity index (χ2v) is 8.47. The lowest BCUT2D eigenvalue weighted by Crippen LogP contribution is -2.33. The smallest absolute Gasteiger partial charge is 0.242 e. The molecule has 0 atom stereocenters. The normalized spacial score (nSPS) is 17.2. The van der Waals surface area contributed by atoms with Crippen molar-refractivity contribution in [1.29, 1.82) is 0 Å². The second-order valence-electron chi connectivity index (χ2n) is 5.92. The summed E-state index contributed by atoms with van der Waals surface area (Å²) in [5, 5.41) is 0.453. The van der Waals surface area contributed by atoms with Crippen molar-refractivity contribution in [3.05, 3.63) is 27.7 Å². The van der Waals surface area contributed by atoms with Gasteiger partial charge in [0.25, 0.3) is 0 Å². The van der Waals surface area contributed by atoms with Crippen molar-refractivity contribution in [3.63, 3.8) is 0 Å². The van der Waals surface area contributed by atoms with Gasteiger partial charge in [-0.05, 0) is 41.9 Å². The van der Waals surface area contributed by atoms with E-state index in [1.54, 1.807) is 6.07 Å². The van der Waals surface area contributed by atoms with Crippen LogP contribution in [0.1, 0.15) is 32.3 Å². The molecule has 0 spiro atoms. The summed E-state index contributed by atoms with van der Waals surface area (Å²) in [5.74, 6) is 0.439. The molecule has 0 bridgehead atoms. The summed E-state index contributed by atoms with van der Waals surface area (Å²) in [5.41, 5.74) is 6.17. The van der Waals surface area contributed by atoms with Crippen LogP contribution < -0.4 is 10.5 Å². The first-order valence-electron chi connectivity index (χ1n) is 6.89. The molecular formula is C14H20Cl2N2O2S. The monoisotopic (exact) mass is 350 g/mol. The first-order valence-corrected chi connectivity index (χ1v) is 9.13. The molecule has 2 rings (SSSR count). The lowest BCUT2D eigenvalue weighted by atomic mass is 9.93. The zero-order chi connectivity index (χ0) is 15.8. The average Bonchev–Trinajstić information content (AvgIpc) is 3.20. The van der Waals surface area contributed by atoms with E-state index in [-0.39, 0.29) is 21.9 Å². The van der Waals surface area contributed by atoms with Crippen LogP contribution in [0.25, 0.3) is 0 Å². The third-order valence-electron chi connectivity index (χ3n) is 4.32. The summed E-state index contributed by atoms with van der Waals surface area (Å²) in [7, 11) is -3.69. The number of hydrogen-bond donors (Lipinski definition) is 2. The molecule has 1 aliphatic carbocycles. The molecule has 0 amide bonds. The minimum Gasteiger partial charge on any atom is -0.326 e. The predicted octanol–water partition coefficient (Wildman–Crippen LogP) is 3.17. The fraction of sp³-hybridized carbons (Fsp3) is 0.571. The third-order valence-corrected chi connectivity index (χ3v) is 6.52. The molecule has 0 saturated heterocycles. The summed E-state index contributed by atoms with van der Waals surface area (Å²) in [6.45, 7) is 4.78. The highest BCUT2D eigenvalue weighted by atomic mass is 35.5. The van der Waals surface area contributed by atoms with Crippen LogP contribution in [0.2, 0.25) is 10.0 Å². The fourth-order valence-corrected chi connectivity index (χ4v) is 4.48. The molecule has 118 valence electrons. The Bertz CT molecular complexity index is 641. The lowest BCUT2D eigenvalue weighted by molar-refractivity contribution is 0.357. The molecule has 3 N–H and O–H groups in total. The van der Waals surface area contributed by atoms with Gasteiger partial charge in [0, 0.05) is 18.1 Å². The molecule has 0 aliphatic heterocycles. The van der Waals surface area contributed by atoms with Gasteiger partial charge < -0.3 is 5.73 Å². The topological polar surface area (TPSA) is 72.2 Å². The highest BCUT2D eigenvalue weighted by molar-refractivity contribution is 7.89. The zero-order valence-electron chi connectivity index (χ0n) is 12.1. The first-order chi connectivity index (χ1) is 9.72. The molecule has 1 aliphatic rings. The van der Waals surface area contributed by atoms with Crippen LogP contribution >= 0.6 is 23.2 Å². The molecule has 0 unspecified atom stereocenters. The largest absolute Gasteiger partial charge is 0.326 e. The van der Waals surface area contributed by atoms with Gasteiger partial charge >= 0.3 is 0 Å². The van der Waals surface area contributed by atoms with E-state index >= 15 is 0 Å². The number of rotatable bonds is 6. The maximum absolute atomic E-state index is 12.5. The average molecular weight is 351 g/mol. The van der Waals surface area contributed by atoms with Gasteiger partial charge in [-0.25, -0.2) is 13.1 Å². The van der Waals surface area contributed by atoms with E-state index in [0.29, 0.717) is 23.0 Å². The van der Waals surface area contributed by atoms with Gasteiger partial charge in [0.05, 0.1) is 5.02 Å². The number of benzene rings is 1. The fourth-order valence-electron chi connectivity index (χ4n) is 2.40. The van der Waals surface area contributed by atoms with E-state index in [1.807, 2.05) is 0 Å². The molecule has 1 saturated carbocycles. The van der Waals surface area contributed by atoms with E-state index in [2.05, 4.69) is 18.6 Å². The van der Waals surface area contributed by atoms with Crippen molar-refractivity contribution in [2.24, 2.45) is 17.1 Å². The van der Waals surface area contributed by atoms with Gasteiger partial charge in [-0.15, -0.1) is 0 Å². The molecule has 7 heteroatoms. The van der Waals surface area contributed by atoms with Gasteiger partial charge in [-0.1, -0.05) is 37.0 Å². The Hall–Kier alpha value is -0.330. The molecule has 0 radical (unpaired) electrons. The van der Waals surface area contributed by atoms with E-state index in [4.69, 9.17) is 28.9 Å². The lowest BCUT2D eigenvalue weighted by Gasteiger charge is -2.20. The van der Waals surface area contributed by atoms with E-state index in [0.717, 1.165) is 12.8 Å². The Morgan fingerprint density at radius 2 is 1.95 bits per heavy atom. The highest BCUT2D eigenvalue weighted by Crippen LogP contribution is 2.51. The summed E-state index contributed by atoms with van der Waals surface area (Å²) < 4.78 is 27.6. The number of sulfonamides is 1. The minimum atomic E-state index is -3.69. The van der Waals surface area contributed by atoms with Gasteiger partial charge in [0.2, 0.25) is 10.0 Å². The molecule has 4 nitrogen and oxygen atoms in total. The van der Waals surface area contributed by atoms with Crippen LogP contribution in [0, 0.1) is 11.3 Å². The zero-order valence-corrected chi connectivity index (χ0v) is 14.4. The summed E-state index contributed by atoms with van der Waals surface area (Å²) in [6.07, 6.45) is 2.09. The van der Waals surface area contributed by atoms with Gasteiger partial charge in [-0.3, -0.25) is 0 Å². The van der Waals surface area contributed by atoms with E-state index < -0.39 is 10.0 Å². The van der Waals surface area contributed by atoms with Gasteiger partial charge in [-0.2, -0.15) is 0 Å². The Morgan fingerprint density at radius 1 is 1.33 bits per heavy atom. The molecule has 1 aromatic rings. The Morgan fingerprint density at radius 3 is 2.43 bits per heavy atom. The van der Waals surface area contributed by atoms with Crippen LogP contribution in [0.15, 0.2) is 17.0 Å². The SMILES string of the molecule is CC(C)C1(CNS(=O)(=O)c2cc(Cl)cc(CN)c2Cl)CC1. The molecule has 1 aromatic carbocycles. The van der Waals surface area contributed by atoms with Crippen LogP contribution in [-0.4, -0.2) is 15.0 Å². The van der Waals surface area contributed by atoms with Crippen molar-refractivity contribution in [1.82, 2.24) is 4.72 Å². The van der Waals surface area contributed by atoms with Crippen molar-refractivity contribution in [2.75, 3.05) is 6.54 Å². The van der Waals surface area contributed by atoms with Gasteiger partial charge in [0.1, 0.15) is 4.90 Å². The predicted molar refractivity (Wildman–Crippen MR) is 86.0 cm³/mol. The van der Waals surface area contributed by atoms with Crippen molar-refractivity contribution in [3.8, 4) is 0 Å². The Balaban J connectivity index is 2.26. The Kier molecular flexibility index (Phi) is 4.90. The molecule has 0 aromatic heterocycles. The Labute approximate surface area is 136 Å². The summed E-state index contributed by atoms with van der Waals surface area (Å²) in [6, 6.07) is 2.94. The van der Waals surface area contributed by atoms with Crippen molar-refractivity contribution >= 4 is 33.2 Å². The quantitative estimate of drug-likeness (QED) is 0.827.